The fraction of sp³-hybridized carbons (Fsp3) is 0.526. The van der Waals surface area contributed by atoms with Crippen molar-refractivity contribution in [3.8, 4) is 0 Å². The van der Waals surface area contributed by atoms with Crippen molar-refractivity contribution in [1.82, 2.24) is 4.90 Å². The minimum Gasteiger partial charge on any atom is -0.466 e. The van der Waals surface area contributed by atoms with E-state index in [-0.39, 0.29) is 11.9 Å². The Bertz CT molecular complexity index is 515. The van der Waals surface area contributed by atoms with Crippen LogP contribution in [0.2, 0.25) is 0 Å². The lowest BCUT2D eigenvalue weighted by atomic mass is 9.97. The number of hydrogen-bond acceptors (Lipinski definition) is 4. The van der Waals surface area contributed by atoms with E-state index >= 15 is 0 Å². The highest BCUT2D eigenvalue weighted by molar-refractivity contribution is 5.72. The number of likely N-dealkylation sites (tertiary alicyclic amines) is 1. The van der Waals surface area contributed by atoms with E-state index in [0.717, 1.165) is 32.5 Å². The maximum Gasteiger partial charge on any atom is 0.309 e. The number of carbonyl (C=O) groups excluding carboxylic acids is 1. The Morgan fingerprint density at radius 2 is 1.91 bits per heavy atom. The van der Waals surface area contributed by atoms with Crippen LogP contribution >= 0.6 is 0 Å². The van der Waals surface area contributed by atoms with E-state index in [2.05, 4.69) is 46.2 Å². The molecule has 0 saturated carbocycles. The van der Waals surface area contributed by atoms with Crippen molar-refractivity contribution in [3.05, 3.63) is 35.9 Å². The van der Waals surface area contributed by atoms with Crippen LogP contribution in [0.15, 0.2) is 30.3 Å². The summed E-state index contributed by atoms with van der Waals surface area (Å²) in [6.45, 7) is 5.21. The van der Waals surface area contributed by atoms with E-state index in [0.29, 0.717) is 6.61 Å². The summed E-state index contributed by atoms with van der Waals surface area (Å²) < 4.78 is 5.11. The summed E-state index contributed by atoms with van der Waals surface area (Å²) in [7, 11) is 4.09. The minimum atomic E-state index is -0.0244. The van der Waals surface area contributed by atoms with Crippen LogP contribution in [0.3, 0.4) is 0 Å². The summed E-state index contributed by atoms with van der Waals surface area (Å²) in [5.41, 5.74) is 2.43. The third-order valence-electron chi connectivity index (χ3n) is 4.29. The van der Waals surface area contributed by atoms with Crippen LogP contribution in [-0.2, 0) is 9.53 Å². The topological polar surface area (TPSA) is 32.8 Å². The number of nitrogens with zero attached hydrogens (tertiary/aromatic N) is 2. The van der Waals surface area contributed by atoms with Gasteiger partial charge in [-0.1, -0.05) is 24.3 Å². The number of rotatable bonds is 6. The zero-order chi connectivity index (χ0) is 16.7. The second-order valence-electron chi connectivity index (χ2n) is 6.22. The van der Waals surface area contributed by atoms with Gasteiger partial charge in [-0.25, -0.2) is 0 Å². The molecule has 126 valence electrons. The number of ether oxygens (including phenoxy) is 1. The molecule has 0 radical (unpaired) electrons. The second-order valence-corrected chi connectivity index (χ2v) is 6.22. The number of hydrogen-bond donors (Lipinski definition) is 0. The Hall–Kier alpha value is -1.81. The average Bonchev–Trinajstić information content (AvgIpc) is 2.56. The molecule has 1 aliphatic heterocycles. The summed E-state index contributed by atoms with van der Waals surface area (Å²) in [5, 5.41) is 0. The van der Waals surface area contributed by atoms with Gasteiger partial charge in [-0.3, -0.25) is 9.69 Å². The molecule has 0 atom stereocenters. The molecule has 23 heavy (non-hydrogen) atoms. The zero-order valence-corrected chi connectivity index (χ0v) is 14.5. The quantitative estimate of drug-likeness (QED) is 0.755. The molecule has 4 heteroatoms. The van der Waals surface area contributed by atoms with Gasteiger partial charge in [0.2, 0.25) is 0 Å². The molecule has 1 heterocycles. The predicted octanol–water partition coefficient (Wildman–Crippen LogP) is 3.04. The van der Waals surface area contributed by atoms with Gasteiger partial charge in [-0.15, -0.1) is 0 Å². The van der Waals surface area contributed by atoms with Crippen molar-refractivity contribution in [3.63, 3.8) is 0 Å². The molecule has 4 nitrogen and oxygen atoms in total. The molecule has 0 N–H and O–H groups in total. The Morgan fingerprint density at radius 3 is 2.48 bits per heavy atom. The molecule has 1 saturated heterocycles. The molecule has 0 spiro atoms. The van der Waals surface area contributed by atoms with E-state index < -0.39 is 0 Å². The molecule has 1 aliphatic rings. The molecule has 0 aromatic heterocycles. The minimum absolute atomic E-state index is 0.0244. The summed E-state index contributed by atoms with van der Waals surface area (Å²) in [6.07, 6.45) is 6.18. The van der Waals surface area contributed by atoms with Crippen LogP contribution in [0.5, 0.6) is 0 Å². The van der Waals surface area contributed by atoms with Gasteiger partial charge in [0.1, 0.15) is 0 Å². The molecule has 1 fully saturated rings. The third kappa shape index (κ3) is 5.39. The highest BCUT2D eigenvalue weighted by atomic mass is 16.5. The van der Waals surface area contributed by atoms with Crippen LogP contribution in [0.25, 0.3) is 6.08 Å². The lowest BCUT2D eigenvalue weighted by Crippen LogP contribution is -2.36. The van der Waals surface area contributed by atoms with E-state index in [1.165, 1.54) is 11.3 Å². The highest BCUT2D eigenvalue weighted by Crippen LogP contribution is 2.19. The van der Waals surface area contributed by atoms with Gasteiger partial charge in [0.25, 0.3) is 0 Å². The van der Waals surface area contributed by atoms with E-state index in [9.17, 15) is 4.79 Å². The molecule has 0 unspecified atom stereocenters. The number of benzene rings is 1. The fourth-order valence-corrected chi connectivity index (χ4v) is 2.83. The first kappa shape index (κ1) is 17.5. The Kier molecular flexibility index (Phi) is 6.66. The largest absolute Gasteiger partial charge is 0.466 e. The van der Waals surface area contributed by atoms with Gasteiger partial charge in [-0.05, 0) is 50.6 Å². The number of piperidine rings is 1. The molecule has 0 amide bonds. The summed E-state index contributed by atoms with van der Waals surface area (Å²) in [5.74, 6) is 0.0671. The van der Waals surface area contributed by atoms with E-state index in [1.807, 2.05) is 21.0 Å². The van der Waals surface area contributed by atoms with Crippen molar-refractivity contribution in [2.24, 2.45) is 5.92 Å². The van der Waals surface area contributed by atoms with Crippen LogP contribution in [0.1, 0.15) is 25.3 Å². The van der Waals surface area contributed by atoms with Gasteiger partial charge in [0.05, 0.1) is 12.5 Å². The lowest BCUT2D eigenvalue weighted by Gasteiger charge is -2.29. The van der Waals surface area contributed by atoms with Crippen molar-refractivity contribution >= 4 is 17.7 Å². The van der Waals surface area contributed by atoms with Crippen molar-refractivity contribution in [2.75, 3.05) is 45.2 Å². The fourth-order valence-electron chi connectivity index (χ4n) is 2.83. The maximum absolute atomic E-state index is 11.7. The van der Waals surface area contributed by atoms with Crippen LogP contribution < -0.4 is 4.90 Å². The average molecular weight is 316 g/mol. The first-order valence-corrected chi connectivity index (χ1v) is 8.43. The Balaban J connectivity index is 1.75. The smallest absolute Gasteiger partial charge is 0.309 e. The lowest BCUT2D eigenvalue weighted by molar-refractivity contribution is -0.149. The number of anilines is 1. The summed E-state index contributed by atoms with van der Waals surface area (Å²) >= 11 is 0. The Morgan fingerprint density at radius 1 is 1.26 bits per heavy atom. The summed E-state index contributed by atoms with van der Waals surface area (Å²) in [4.78, 5) is 16.2. The highest BCUT2D eigenvalue weighted by Gasteiger charge is 2.25. The maximum atomic E-state index is 11.7. The molecule has 0 bridgehead atoms. The van der Waals surface area contributed by atoms with Crippen LogP contribution in [0, 0.1) is 5.92 Å². The van der Waals surface area contributed by atoms with E-state index in [1.54, 1.807) is 0 Å². The van der Waals surface area contributed by atoms with Crippen molar-refractivity contribution < 1.29 is 9.53 Å². The molecule has 1 aromatic carbocycles. The van der Waals surface area contributed by atoms with Crippen LogP contribution in [-0.4, -0.2) is 51.2 Å². The van der Waals surface area contributed by atoms with Crippen LogP contribution in [0.4, 0.5) is 5.69 Å². The first-order valence-electron chi connectivity index (χ1n) is 8.43. The molecular formula is C19H28N2O2. The summed E-state index contributed by atoms with van der Waals surface area (Å²) in [6, 6.07) is 8.53. The SMILES string of the molecule is CCOC(=O)C1CCN(CC=Cc2ccc(N(C)C)cc2)CC1. The predicted molar refractivity (Wildman–Crippen MR) is 95.6 cm³/mol. The van der Waals surface area contributed by atoms with Gasteiger partial charge < -0.3 is 9.64 Å². The van der Waals surface area contributed by atoms with Crippen molar-refractivity contribution in [1.29, 1.82) is 0 Å². The second kappa shape index (κ2) is 8.73. The van der Waals surface area contributed by atoms with Gasteiger partial charge >= 0.3 is 5.97 Å². The van der Waals surface area contributed by atoms with Gasteiger partial charge in [-0.2, -0.15) is 0 Å². The molecule has 1 aromatic rings. The van der Waals surface area contributed by atoms with Crippen molar-refractivity contribution in [2.45, 2.75) is 19.8 Å². The Labute approximate surface area is 139 Å². The third-order valence-corrected chi connectivity index (χ3v) is 4.29. The van der Waals surface area contributed by atoms with E-state index in [4.69, 9.17) is 4.74 Å². The zero-order valence-electron chi connectivity index (χ0n) is 14.5. The first-order chi connectivity index (χ1) is 11.1. The monoisotopic (exact) mass is 316 g/mol. The molecule has 2 rings (SSSR count). The normalized spacial score (nSPS) is 16.7. The standard InChI is InChI=1S/C19H28N2O2/c1-4-23-19(22)17-11-14-21(15-12-17)13-5-6-16-7-9-18(10-8-16)20(2)3/h5-10,17H,4,11-15H2,1-3H3. The molecular weight excluding hydrogens is 288 g/mol. The molecule has 0 aliphatic carbocycles. The van der Waals surface area contributed by atoms with Gasteiger partial charge in [0.15, 0.2) is 0 Å². The van der Waals surface area contributed by atoms with Gasteiger partial charge in [0, 0.05) is 26.3 Å². The number of esters is 1. The number of carbonyl (C=O) groups is 1.